The van der Waals surface area contributed by atoms with Crippen molar-refractivity contribution in [3.8, 4) is 0 Å². The van der Waals surface area contributed by atoms with Gasteiger partial charge in [0.15, 0.2) is 0 Å². The molecule has 2 aliphatic rings. The van der Waals surface area contributed by atoms with Crippen LogP contribution in [0.4, 0.5) is 0 Å². The first kappa shape index (κ1) is 6.63. The lowest BCUT2D eigenvalue weighted by Gasteiger charge is -2.39. The van der Waals surface area contributed by atoms with E-state index in [9.17, 15) is 0 Å². The molecule has 0 aromatic heterocycles. The number of hydrogen-bond donors (Lipinski definition) is 0. The van der Waals surface area contributed by atoms with Gasteiger partial charge in [0.25, 0.3) is 0 Å². The maximum atomic E-state index is 5.06. The van der Waals surface area contributed by atoms with Crippen molar-refractivity contribution in [1.29, 1.82) is 0 Å². The van der Waals surface area contributed by atoms with E-state index in [-0.39, 0.29) is 6.10 Å². The summed E-state index contributed by atoms with van der Waals surface area (Å²) in [7, 11) is 0. The molecule has 0 spiro atoms. The smallest absolute Gasteiger partial charge is 0.147 e. The predicted molar refractivity (Wildman–Crippen MR) is 43.5 cm³/mol. The lowest BCUT2D eigenvalue weighted by Crippen LogP contribution is -2.39. The van der Waals surface area contributed by atoms with Gasteiger partial charge in [0.2, 0.25) is 0 Å². The molecule has 1 heterocycles. The molecule has 0 N–H and O–H groups in total. The minimum atomic E-state index is 0.218. The van der Waals surface area contributed by atoms with Gasteiger partial charge in [0, 0.05) is 0 Å². The Kier molecular flexibility index (Phi) is 1.28. The van der Waals surface area contributed by atoms with Crippen molar-refractivity contribution in [2.45, 2.75) is 25.0 Å². The second-order valence-electron chi connectivity index (χ2n) is 3.39. The number of fused-ring (bicyclic) bond motifs is 3. The average molecular weight is 162 g/mol. The van der Waals surface area contributed by atoms with Crippen molar-refractivity contribution in [2.24, 2.45) is 0 Å². The Hall–Kier alpha value is -0.860. The molecule has 1 aliphatic heterocycles. The number of rotatable bonds is 0. The molecule has 0 bridgehead atoms. The third-order valence-electron chi connectivity index (χ3n) is 2.68. The quantitative estimate of drug-likeness (QED) is 0.543. The highest BCUT2D eigenvalue weighted by molar-refractivity contribution is 5.33. The predicted octanol–water partition coefficient (Wildman–Crippen LogP) is 2.00. The second-order valence-corrected chi connectivity index (χ2v) is 3.39. The number of hydrogen-bond acceptors (Lipinski definition) is 2. The maximum absolute atomic E-state index is 5.06. The molecule has 12 heavy (non-hydrogen) atoms. The Morgan fingerprint density at radius 2 is 2.08 bits per heavy atom. The van der Waals surface area contributed by atoms with Crippen LogP contribution in [-0.4, -0.2) is 6.10 Å². The Balaban J connectivity index is 2.07. The van der Waals surface area contributed by atoms with E-state index in [1.165, 1.54) is 11.1 Å². The highest BCUT2D eigenvalue weighted by atomic mass is 17.2. The zero-order valence-corrected chi connectivity index (χ0v) is 6.69. The van der Waals surface area contributed by atoms with Crippen LogP contribution in [0.2, 0.25) is 0 Å². The first-order valence-corrected chi connectivity index (χ1v) is 4.35. The van der Waals surface area contributed by atoms with Crippen LogP contribution in [0.15, 0.2) is 24.3 Å². The number of aryl methyl sites for hydroxylation is 1. The van der Waals surface area contributed by atoms with Crippen LogP contribution >= 0.6 is 0 Å². The van der Waals surface area contributed by atoms with Crippen LogP contribution in [0, 0.1) is 0 Å². The van der Waals surface area contributed by atoms with E-state index in [2.05, 4.69) is 24.3 Å². The summed E-state index contributed by atoms with van der Waals surface area (Å²) in [4.78, 5) is 10.1. The molecular formula is C10H10O2. The van der Waals surface area contributed by atoms with Gasteiger partial charge < -0.3 is 0 Å². The molecule has 62 valence electrons. The summed E-state index contributed by atoms with van der Waals surface area (Å²) < 4.78 is 0. The lowest BCUT2D eigenvalue weighted by molar-refractivity contribution is -0.472. The molecule has 2 heteroatoms. The van der Waals surface area contributed by atoms with Gasteiger partial charge in [-0.1, -0.05) is 24.3 Å². The van der Waals surface area contributed by atoms with E-state index in [1.54, 1.807) is 0 Å². The fraction of sp³-hybridized carbons (Fsp3) is 0.400. The second kappa shape index (κ2) is 2.31. The van der Waals surface area contributed by atoms with Crippen molar-refractivity contribution in [3.63, 3.8) is 0 Å². The Morgan fingerprint density at radius 1 is 1.17 bits per heavy atom. The zero-order valence-electron chi connectivity index (χ0n) is 6.69. The summed E-state index contributed by atoms with van der Waals surface area (Å²) in [6.45, 7) is 0. The summed E-state index contributed by atoms with van der Waals surface area (Å²) >= 11 is 0. The third kappa shape index (κ3) is 0.765. The lowest BCUT2D eigenvalue weighted by atomic mass is 9.87. The van der Waals surface area contributed by atoms with E-state index in [0.717, 1.165) is 12.8 Å². The summed E-state index contributed by atoms with van der Waals surface area (Å²) in [5.41, 5.74) is 2.74. The van der Waals surface area contributed by atoms with E-state index in [4.69, 9.17) is 9.78 Å². The molecule has 1 aromatic carbocycles. The minimum absolute atomic E-state index is 0.218. The van der Waals surface area contributed by atoms with Gasteiger partial charge in [-0.05, 0) is 24.0 Å². The van der Waals surface area contributed by atoms with E-state index in [1.807, 2.05) is 0 Å². The van der Waals surface area contributed by atoms with Crippen LogP contribution < -0.4 is 0 Å². The van der Waals surface area contributed by atoms with Gasteiger partial charge in [0.05, 0.1) is 0 Å². The van der Waals surface area contributed by atoms with E-state index >= 15 is 0 Å². The summed E-state index contributed by atoms with van der Waals surface area (Å²) in [5.74, 6) is 0. The highest BCUT2D eigenvalue weighted by Crippen LogP contribution is 2.41. The molecule has 2 atom stereocenters. The molecule has 1 aromatic rings. The van der Waals surface area contributed by atoms with Crippen molar-refractivity contribution < 1.29 is 9.78 Å². The molecule has 0 amide bonds. The first-order valence-electron chi connectivity index (χ1n) is 4.35. The Morgan fingerprint density at radius 3 is 2.92 bits per heavy atom. The third-order valence-corrected chi connectivity index (χ3v) is 2.68. The van der Waals surface area contributed by atoms with Crippen molar-refractivity contribution in [2.75, 3.05) is 0 Å². The van der Waals surface area contributed by atoms with Crippen molar-refractivity contribution in [1.82, 2.24) is 0 Å². The van der Waals surface area contributed by atoms with Gasteiger partial charge >= 0.3 is 0 Å². The summed E-state index contributed by atoms with van der Waals surface area (Å²) in [6, 6.07) is 8.45. The van der Waals surface area contributed by atoms with Crippen molar-refractivity contribution >= 4 is 0 Å². The fourth-order valence-electron chi connectivity index (χ4n) is 1.98. The maximum Gasteiger partial charge on any atom is 0.147 e. The zero-order chi connectivity index (χ0) is 7.97. The number of benzene rings is 1. The monoisotopic (exact) mass is 162 g/mol. The largest absolute Gasteiger partial charge is 0.229 e. The standard InChI is InChI=1S/C10H10O2/c1-2-4-8-7(3-1)5-6-9-10(8)12-11-9/h1-4,9-10H,5-6H2/t9-,10+/m1/s1. The SMILES string of the molecule is c1ccc2c(c1)CC[C@H]1OO[C@@H]21. The van der Waals surface area contributed by atoms with Gasteiger partial charge in [0.1, 0.15) is 12.2 Å². The Bertz CT molecular complexity index is 308. The molecule has 1 fully saturated rings. The molecule has 2 nitrogen and oxygen atoms in total. The molecular weight excluding hydrogens is 152 g/mol. The van der Waals surface area contributed by atoms with Gasteiger partial charge in [-0.3, -0.25) is 0 Å². The van der Waals surface area contributed by atoms with Crippen LogP contribution in [0.1, 0.15) is 23.7 Å². The first-order chi connectivity index (χ1) is 5.95. The summed E-state index contributed by atoms with van der Waals surface area (Å²) in [5, 5.41) is 0. The van der Waals surface area contributed by atoms with Gasteiger partial charge in [-0.2, -0.15) is 0 Å². The minimum Gasteiger partial charge on any atom is -0.229 e. The van der Waals surface area contributed by atoms with Crippen molar-refractivity contribution in [3.05, 3.63) is 35.4 Å². The van der Waals surface area contributed by atoms with E-state index < -0.39 is 0 Å². The molecule has 0 unspecified atom stereocenters. The Labute approximate surface area is 71.0 Å². The molecule has 0 saturated carbocycles. The highest BCUT2D eigenvalue weighted by Gasteiger charge is 2.40. The summed E-state index contributed by atoms with van der Waals surface area (Å²) in [6.07, 6.45) is 2.76. The molecule has 0 radical (unpaired) electrons. The normalized spacial score (nSPS) is 31.7. The van der Waals surface area contributed by atoms with E-state index in [0.29, 0.717) is 6.10 Å². The van der Waals surface area contributed by atoms with Crippen LogP contribution in [0.5, 0.6) is 0 Å². The molecule has 3 rings (SSSR count). The average Bonchev–Trinajstić information content (AvgIpc) is 2.05. The topological polar surface area (TPSA) is 18.5 Å². The van der Waals surface area contributed by atoms with Crippen LogP contribution in [-0.2, 0) is 16.2 Å². The van der Waals surface area contributed by atoms with Gasteiger partial charge in [-0.15, -0.1) is 0 Å². The van der Waals surface area contributed by atoms with Crippen LogP contribution in [0.3, 0.4) is 0 Å². The molecule has 1 aliphatic carbocycles. The fourth-order valence-corrected chi connectivity index (χ4v) is 1.98. The van der Waals surface area contributed by atoms with Gasteiger partial charge in [-0.25, -0.2) is 9.78 Å². The van der Waals surface area contributed by atoms with Crippen LogP contribution in [0.25, 0.3) is 0 Å². The molecule has 1 saturated heterocycles.